The number of amides is 1. The van der Waals surface area contributed by atoms with Gasteiger partial charge in [-0.3, -0.25) is 4.79 Å². The van der Waals surface area contributed by atoms with E-state index in [-0.39, 0.29) is 11.7 Å². The number of rotatable bonds is 5. The molecule has 4 heteroatoms. The van der Waals surface area contributed by atoms with Crippen LogP contribution in [0.5, 0.6) is 0 Å². The average Bonchev–Trinajstić information content (AvgIpc) is 2.50. The molecule has 0 spiro atoms. The molecule has 0 aromatic heterocycles. The van der Waals surface area contributed by atoms with Gasteiger partial charge in [-0.05, 0) is 54.7 Å². The second kappa shape index (κ2) is 6.71. The maximum atomic E-state index is 12.9. The number of hydrogen-bond acceptors (Lipinski definition) is 1. The highest BCUT2D eigenvalue weighted by Crippen LogP contribution is 2.44. The van der Waals surface area contributed by atoms with Crippen molar-refractivity contribution in [3.05, 3.63) is 70.5 Å². The molecular weight excluding hydrogens is 313 g/mol. The second-order valence-electron chi connectivity index (χ2n) is 6.07. The van der Waals surface area contributed by atoms with Crippen molar-refractivity contribution < 1.29 is 9.18 Å². The molecule has 0 heterocycles. The largest absolute Gasteiger partial charge is 0.355 e. The molecule has 2 nitrogen and oxygen atoms in total. The molecule has 0 atom stereocenters. The summed E-state index contributed by atoms with van der Waals surface area (Å²) in [7, 11) is 0. The second-order valence-corrected chi connectivity index (χ2v) is 6.51. The lowest BCUT2D eigenvalue weighted by molar-refractivity contribution is -0.129. The maximum absolute atomic E-state index is 12.9. The quantitative estimate of drug-likeness (QED) is 0.871. The molecule has 1 N–H and O–H groups in total. The van der Waals surface area contributed by atoms with E-state index in [0.717, 1.165) is 30.4 Å². The van der Waals surface area contributed by atoms with Crippen LogP contribution in [-0.2, 0) is 16.6 Å². The van der Waals surface area contributed by atoms with Crippen LogP contribution in [0.3, 0.4) is 0 Å². The molecule has 2 aromatic rings. The van der Waals surface area contributed by atoms with E-state index in [1.807, 2.05) is 24.3 Å². The standard InChI is InChI=1S/C19H19ClFNO/c20-16-6-4-15(5-7-16)19(11-1-12-19)18(23)22-13-10-14-2-8-17(21)9-3-14/h2-9H,1,10-13H2,(H,22,23). The molecule has 1 aliphatic rings. The molecule has 0 radical (unpaired) electrons. The number of carbonyl (C=O) groups is 1. The number of benzene rings is 2. The van der Waals surface area contributed by atoms with Gasteiger partial charge in [0.1, 0.15) is 5.82 Å². The van der Waals surface area contributed by atoms with Gasteiger partial charge in [0.2, 0.25) is 5.91 Å². The normalized spacial score (nSPS) is 15.7. The van der Waals surface area contributed by atoms with Crippen molar-refractivity contribution in [2.75, 3.05) is 6.54 Å². The van der Waals surface area contributed by atoms with Gasteiger partial charge < -0.3 is 5.32 Å². The van der Waals surface area contributed by atoms with Crippen LogP contribution in [0.25, 0.3) is 0 Å². The lowest BCUT2D eigenvalue weighted by Crippen LogP contribution is -2.49. The molecule has 0 bridgehead atoms. The van der Waals surface area contributed by atoms with E-state index in [1.54, 1.807) is 12.1 Å². The summed E-state index contributed by atoms with van der Waals surface area (Å²) >= 11 is 5.94. The van der Waals surface area contributed by atoms with Crippen molar-refractivity contribution in [3.8, 4) is 0 Å². The Hall–Kier alpha value is -1.87. The highest BCUT2D eigenvalue weighted by atomic mass is 35.5. The molecule has 0 saturated heterocycles. The van der Waals surface area contributed by atoms with E-state index < -0.39 is 5.41 Å². The third-order valence-corrected chi connectivity index (χ3v) is 4.90. The Morgan fingerprint density at radius 1 is 1.09 bits per heavy atom. The fourth-order valence-corrected chi connectivity index (χ4v) is 3.21. The monoisotopic (exact) mass is 331 g/mol. The SMILES string of the molecule is O=C(NCCc1ccc(F)cc1)C1(c2ccc(Cl)cc2)CCC1. The molecule has 1 saturated carbocycles. The zero-order valence-corrected chi connectivity index (χ0v) is 13.6. The minimum atomic E-state index is -0.409. The topological polar surface area (TPSA) is 29.1 Å². The molecule has 120 valence electrons. The number of nitrogens with one attached hydrogen (secondary N) is 1. The fraction of sp³-hybridized carbons (Fsp3) is 0.316. The van der Waals surface area contributed by atoms with Gasteiger partial charge in [0.05, 0.1) is 5.41 Å². The molecular formula is C19H19ClFNO. The van der Waals surface area contributed by atoms with Crippen LogP contribution < -0.4 is 5.32 Å². The summed E-state index contributed by atoms with van der Waals surface area (Å²) in [6, 6.07) is 13.9. The van der Waals surface area contributed by atoms with E-state index in [4.69, 9.17) is 11.6 Å². The van der Waals surface area contributed by atoms with E-state index in [0.29, 0.717) is 18.0 Å². The summed E-state index contributed by atoms with van der Waals surface area (Å²) in [5.74, 6) is -0.165. The molecule has 23 heavy (non-hydrogen) atoms. The molecule has 2 aromatic carbocycles. The minimum absolute atomic E-state index is 0.0770. The van der Waals surface area contributed by atoms with Gasteiger partial charge in [0.25, 0.3) is 0 Å². The van der Waals surface area contributed by atoms with Gasteiger partial charge in [0.15, 0.2) is 0 Å². The first-order chi connectivity index (χ1) is 11.1. The molecule has 1 amide bonds. The summed E-state index contributed by atoms with van der Waals surface area (Å²) in [6.45, 7) is 0.555. The smallest absolute Gasteiger partial charge is 0.230 e. The third-order valence-electron chi connectivity index (χ3n) is 4.65. The van der Waals surface area contributed by atoms with Crippen molar-refractivity contribution in [2.24, 2.45) is 0 Å². The molecule has 3 rings (SSSR count). The van der Waals surface area contributed by atoms with Crippen LogP contribution in [0.15, 0.2) is 48.5 Å². The van der Waals surface area contributed by atoms with Gasteiger partial charge in [-0.15, -0.1) is 0 Å². The van der Waals surface area contributed by atoms with Crippen molar-refractivity contribution in [2.45, 2.75) is 31.1 Å². The Bertz CT molecular complexity index is 678. The highest BCUT2D eigenvalue weighted by molar-refractivity contribution is 6.30. The van der Waals surface area contributed by atoms with Gasteiger partial charge in [-0.25, -0.2) is 4.39 Å². The first-order valence-electron chi connectivity index (χ1n) is 7.89. The maximum Gasteiger partial charge on any atom is 0.230 e. The summed E-state index contributed by atoms with van der Waals surface area (Å²) < 4.78 is 12.9. The summed E-state index contributed by atoms with van der Waals surface area (Å²) in [5.41, 5.74) is 1.64. The Labute approximate surface area is 140 Å². The van der Waals surface area contributed by atoms with Crippen LogP contribution in [0.2, 0.25) is 5.02 Å². The zero-order chi connectivity index (χ0) is 16.3. The van der Waals surface area contributed by atoms with Gasteiger partial charge in [-0.2, -0.15) is 0 Å². The lowest BCUT2D eigenvalue weighted by Gasteiger charge is -2.40. The lowest BCUT2D eigenvalue weighted by atomic mass is 9.64. The fourth-order valence-electron chi connectivity index (χ4n) is 3.09. The third kappa shape index (κ3) is 3.40. The molecule has 0 unspecified atom stereocenters. The first kappa shape index (κ1) is 16.0. The number of hydrogen-bond donors (Lipinski definition) is 1. The molecule has 0 aliphatic heterocycles. The number of halogens is 2. The van der Waals surface area contributed by atoms with Gasteiger partial charge in [0, 0.05) is 11.6 Å². The van der Waals surface area contributed by atoms with Crippen molar-refractivity contribution in [3.63, 3.8) is 0 Å². The first-order valence-corrected chi connectivity index (χ1v) is 8.27. The van der Waals surface area contributed by atoms with Crippen molar-refractivity contribution in [1.29, 1.82) is 0 Å². The van der Waals surface area contributed by atoms with E-state index in [9.17, 15) is 9.18 Å². The summed E-state index contributed by atoms with van der Waals surface area (Å²) in [4.78, 5) is 12.7. The van der Waals surface area contributed by atoms with Gasteiger partial charge >= 0.3 is 0 Å². The van der Waals surface area contributed by atoms with E-state index in [1.165, 1.54) is 12.1 Å². The van der Waals surface area contributed by atoms with Gasteiger partial charge in [-0.1, -0.05) is 42.3 Å². The minimum Gasteiger partial charge on any atom is -0.355 e. The van der Waals surface area contributed by atoms with Crippen LogP contribution in [0, 0.1) is 5.82 Å². The van der Waals surface area contributed by atoms with Crippen LogP contribution in [-0.4, -0.2) is 12.5 Å². The van der Waals surface area contributed by atoms with Crippen molar-refractivity contribution in [1.82, 2.24) is 5.32 Å². The predicted molar refractivity (Wildman–Crippen MR) is 90.1 cm³/mol. The Morgan fingerprint density at radius 2 is 1.74 bits per heavy atom. The van der Waals surface area contributed by atoms with E-state index in [2.05, 4.69) is 5.32 Å². The Balaban J connectivity index is 1.62. The number of carbonyl (C=O) groups excluding carboxylic acids is 1. The summed E-state index contributed by atoms with van der Waals surface area (Å²) in [6.07, 6.45) is 3.50. The average molecular weight is 332 g/mol. The summed E-state index contributed by atoms with van der Waals surface area (Å²) in [5, 5.41) is 3.72. The van der Waals surface area contributed by atoms with Crippen molar-refractivity contribution >= 4 is 17.5 Å². The molecule has 1 fully saturated rings. The zero-order valence-electron chi connectivity index (χ0n) is 12.8. The Morgan fingerprint density at radius 3 is 2.30 bits per heavy atom. The van der Waals surface area contributed by atoms with E-state index >= 15 is 0 Å². The highest BCUT2D eigenvalue weighted by Gasteiger charge is 2.45. The van der Waals surface area contributed by atoms with Crippen LogP contribution >= 0.6 is 11.6 Å². The predicted octanol–water partition coefficient (Wildman–Crippen LogP) is 4.26. The molecule has 1 aliphatic carbocycles. The van der Waals surface area contributed by atoms with Crippen LogP contribution in [0.4, 0.5) is 4.39 Å². The Kier molecular flexibility index (Phi) is 4.67. The van der Waals surface area contributed by atoms with Crippen LogP contribution in [0.1, 0.15) is 30.4 Å².